The first kappa shape index (κ1) is 76.4. The average Bonchev–Trinajstić information content (AvgIpc) is 3.45. The Bertz CT molecular complexity index is 1360. The van der Waals surface area contributed by atoms with Crippen molar-refractivity contribution in [1.29, 1.82) is 0 Å². The Morgan fingerprint density at radius 1 is 0.266 bits per heavy atom. The van der Waals surface area contributed by atoms with Gasteiger partial charge in [-0.15, -0.1) is 0 Å². The molecule has 0 aromatic carbocycles. The van der Waals surface area contributed by atoms with E-state index in [0.717, 1.165) is 83.5 Å². The molecule has 0 saturated heterocycles. The molecule has 0 aliphatic carbocycles. The SMILES string of the molecule is CC/C=C\C/C=C\C/C=C\C/C=C\CCCCCCCCCCCCCCCCC(=O)OCC(COC(=O)CCCCCCCCCCCCCC)OC(=O)CCCCCCCCCCCCCCCCCCCCCCCC. The highest BCUT2D eigenvalue weighted by molar-refractivity contribution is 5.71. The first-order chi connectivity index (χ1) is 39.0. The van der Waals surface area contributed by atoms with Crippen LogP contribution in [-0.2, 0) is 28.6 Å². The molecule has 462 valence electrons. The van der Waals surface area contributed by atoms with Crippen LogP contribution in [0.4, 0.5) is 0 Å². The highest BCUT2D eigenvalue weighted by atomic mass is 16.6. The normalized spacial score (nSPS) is 12.3. The zero-order valence-electron chi connectivity index (χ0n) is 53.2. The molecule has 0 aromatic heterocycles. The number of ether oxygens (including phenoxy) is 3. The lowest BCUT2D eigenvalue weighted by Crippen LogP contribution is -2.30. The summed E-state index contributed by atoms with van der Waals surface area (Å²) in [5, 5.41) is 0. The monoisotopic (exact) mass is 1110 g/mol. The second-order valence-electron chi connectivity index (χ2n) is 23.8. The van der Waals surface area contributed by atoms with Crippen LogP contribution in [-0.4, -0.2) is 37.2 Å². The quantitative estimate of drug-likeness (QED) is 0.0261. The van der Waals surface area contributed by atoms with Gasteiger partial charge in [0.25, 0.3) is 0 Å². The Balaban J connectivity index is 4.20. The highest BCUT2D eigenvalue weighted by Crippen LogP contribution is 2.19. The van der Waals surface area contributed by atoms with E-state index in [-0.39, 0.29) is 31.1 Å². The standard InChI is InChI=1S/C73H134O6/c1-4-7-10-13-16-19-22-25-27-29-31-33-35-36-37-38-39-41-42-44-46-48-51-54-57-60-63-66-72(75)78-69-70(68-77-71(74)65-62-59-56-53-50-24-21-18-15-12-9-6-3)79-73(76)67-64-61-58-55-52-49-47-45-43-40-34-32-30-28-26-23-20-17-14-11-8-5-2/h7,10,16,19,25,27,31,33,70H,4-6,8-9,11-15,17-18,20-24,26,28-30,32,34-69H2,1-3H3/b10-7-,19-16-,27-25-,33-31-. The van der Waals surface area contributed by atoms with Gasteiger partial charge in [-0.2, -0.15) is 0 Å². The zero-order chi connectivity index (χ0) is 57.1. The molecule has 0 rings (SSSR count). The summed E-state index contributed by atoms with van der Waals surface area (Å²) in [5.41, 5.74) is 0. The van der Waals surface area contributed by atoms with Crippen molar-refractivity contribution in [2.45, 2.75) is 386 Å². The minimum absolute atomic E-state index is 0.0662. The summed E-state index contributed by atoms with van der Waals surface area (Å²) in [5.74, 6) is -0.838. The van der Waals surface area contributed by atoms with Gasteiger partial charge in [-0.05, 0) is 57.8 Å². The van der Waals surface area contributed by atoms with Crippen LogP contribution >= 0.6 is 0 Å². The Labute approximate surface area is 492 Å². The van der Waals surface area contributed by atoms with Crippen LogP contribution in [0.25, 0.3) is 0 Å². The van der Waals surface area contributed by atoms with Crippen LogP contribution in [0.5, 0.6) is 0 Å². The molecule has 0 amide bonds. The van der Waals surface area contributed by atoms with Crippen molar-refractivity contribution < 1.29 is 28.6 Å². The number of carbonyl (C=O) groups excluding carboxylic acids is 3. The van der Waals surface area contributed by atoms with E-state index in [1.165, 1.54) is 257 Å². The smallest absolute Gasteiger partial charge is 0.306 e. The Kier molecular flexibility index (Phi) is 65.6. The number of allylic oxidation sites excluding steroid dienone is 8. The number of hydrogen-bond donors (Lipinski definition) is 0. The predicted molar refractivity (Wildman–Crippen MR) is 344 cm³/mol. The molecule has 0 saturated carbocycles. The van der Waals surface area contributed by atoms with Gasteiger partial charge in [-0.3, -0.25) is 14.4 Å². The summed E-state index contributed by atoms with van der Waals surface area (Å²) in [6.45, 7) is 6.60. The molecule has 0 heterocycles. The summed E-state index contributed by atoms with van der Waals surface area (Å²) >= 11 is 0. The summed E-state index contributed by atoms with van der Waals surface area (Å²) in [7, 11) is 0. The molecule has 0 N–H and O–H groups in total. The second kappa shape index (κ2) is 67.9. The minimum atomic E-state index is -0.769. The molecule has 0 aliphatic heterocycles. The summed E-state index contributed by atoms with van der Waals surface area (Å²) < 4.78 is 17.0. The molecule has 6 nitrogen and oxygen atoms in total. The fraction of sp³-hybridized carbons (Fsp3) is 0.849. The molecule has 0 spiro atoms. The molecule has 0 aliphatic rings. The predicted octanol–water partition coefficient (Wildman–Crippen LogP) is 24.1. The van der Waals surface area contributed by atoms with Crippen LogP contribution < -0.4 is 0 Å². The van der Waals surface area contributed by atoms with Gasteiger partial charge in [0.15, 0.2) is 6.10 Å². The highest BCUT2D eigenvalue weighted by Gasteiger charge is 2.19. The van der Waals surface area contributed by atoms with E-state index in [4.69, 9.17) is 14.2 Å². The molecule has 0 bridgehead atoms. The Hall–Kier alpha value is -2.63. The second-order valence-corrected chi connectivity index (χ2v) is 23.8. The lowest BCUT2D eigenvalue weighted by molar-refractivity contribution is -0.167. The molecule has 79 heavy (non-hydrogen) atoms. The van der Waals surface area contributed by atoms with Gasteiger partial charge in [-0.1, -0.05) is 352 Å². The van der Waals surface area contributed by atoms with E-state index in [1.54, 1.807) is 0 Å². The van der Waals surface area contributed by atoms with Gasteiger partial charge < -0.3 is 14.2 Å². The van der Waals surface area contributed by atoms with Crippen molar-refractivity contribution in [3.8, 4) is 0 Å². The third-order valence-corrected chi connectivity index (χ3v) is 15.8. The number of carbonyl (C=O) groups is 3. The Morgan fingerprint density at radius 2 is 0.494 bits per heavy atom. The Morgan fingerprint density at radius 3 is 0.772 bits per heavy atom. The largest absolute Gasteiger partial charge is 0.462 e. The summed E-state index contributed by atoms with van der Waals surface area (Å²) in [6.07, 6.45) is 85.7. The van der Waals surface area contributed by atoms with E-state index >= 15 is 0 Å². The maximum absolute atomic E-state index is 12.9. The fourth-order valence-corrected chi connectivity index (χ4v) is 10.6. The van der Waals surface area contributed by atoms with E-state index in [2.05, 4.69) is 69.4 Å². The van der Waals surface area contributed by atoms with E-state index < -0.39 is 6.10 Å². The topological polar surface area (TPSA) is 78.9 Å². The first-order valence-electron chi connectivity index (χ1n) is 35.1. The molecule has 1 atom stereocenters. The molecule has 6 heteroatoms. The molecular weight excluding hydrogens is 973 g/mol. The van der Waals surface area contributed by atoms with Crippen LogP contribution in [0, 0.1) is 0 Å². The van der Waals surface area contributed by atoms with Crippen molar-refractivity contribution in [2.75, 3.05) is 13.2 Å². The number of esters is 3. The number of rotatable bonds is 65. The lowest BCUT2D eigenvalue weighted by Gasteiger charge is -2.18. The van der Waals surface area contributed by atoms with Crippen LogP contribution in [0.1, 0.15) is 380 Å². The van der Waals surface area contributed by atoms with E-state index in [0.29, 0.717) is 19.3 Å². The third-order valence-electron chi connectivity index (χ3n) is 15.8. The van der Waals surface area contributed by atoms with E-state index in [9.17, 15) is 14.4 Å². The van der Waals surface area contributed by atoms with Gasteiger partial charge >= 0.3 is 17.9 Å². The van der Waals surface area contributed by atoms with Gasteiger partial charge in [0.1, 0.15) is 13.2 Å². The van der Waals surface area contributed by atoms with Crippen LogP contribution in [0.2, 0.25) is 0 Å². The molecular formula is C73H134O6. The van der Waals surface area contributed by atoms with Gasteiger partial charge in [0, 0.05) is 19.3 Å². The zero-order valence-corrected chi connectivity index (χ0v) is 53.2. The van der Waals surface area contributed by atoms with Crippen molar-refractivity contribution in [1.82, 2.24) is 0 Å². The van der Waals surface area contributed by atoms with Crippen LogP contribution in [0.15, 0.2) is 48.6 Å². The van der Waals surface area contributed by atoms with Crippen molar-refractivity contribution in [3.05, 3.63) is 48.6 Å². The molecule has 0 radical (unpaired) electrons. The molecule has 0 aromatic rings. The van der Waals surface area contributed by atoms with Crippen molar-refractivity contribution in [2.24, 2.45) is 0 Å². The minimum Gasteiger partial charge on any atom is -0.462 e. The number of hydrogen-bond acceptors (Lipinski definition) is 6. The molecule has 0 fully saturated rings. The van der Waals surface area contributed by atoms with E-state index in [1.807, 2.05) is 0 Å². The van der Waals surface area contributed by atoms with Gasteiger partial charge in [0.05, 0.1) is 0 Å². The number of unbranched alkanes of at least 4 members (excludes halogenated alkanes) is 46. The van der Waals surface area contributed by atoms with Gasteiger partial charge in [-0.25, -0.2) is 0 Å². The van der Waals surface area contributed by atoms with Crippen LogP contribution in [0.3, 0.4) is 0 Å². The van der Waals surface area contributed by atoms with Gasteiger partial charge in [0.2, 0.25) is 0 Å². The summed E-state index contributed by atoms with van der Waals surface area (Å²) in [4.78, 5) is 38.4. The first-order valence-corrected chi connectivity index (χ1v) is 35.1. The fourth-order valence-electron chi connectivity index (χ4n) is 10.6. The molecule has 1 unspecified atom stereocenters. The summed E-state index contributed by atoms with van der Waals surface area (Å²) in [6, 6.07) is 0. The third kappa shape index (κ3) is 66.1. The van der Waals surface area contributed by atoms with Crippen molar-refractivity contribution >= 4 is 17.9 Å². The van der Waals surface area contributed by atoms with Crippen molar-refractivity contribution in [3.63, 3.8) is 0 Å². The lowest BCUT2D eigenvalue weighted by atomic mass is 10.0. The maximum Gasteiger partial charge on any atom is 0.306 e. The maximum atomic E-state index is 12.9. The average molecular weight is 1110 g/mol.